The summed E-state index contributed by atoms with van der Waals surface area (Å²) in [4.78, 5) is 27.9. The highest BCUT2D eigenvalue weighted by atomic mass is 19.1. The molecule has 2 heterocycles. The van der Waals surface area contributed by atoms with E-state index < -0.39 is 11.8 Å². The monoisotopic (exact) mass is 332 g/mol. The van der Waals surface area contributed by atoms with Crippen LogP contribution < -0.4 is 0 Å². The van der Waals surface area contributed by atoms with E-state index in [0.717, 1.165) is 24.7 Å². The Morgan fingerprint density at radius 1 is 1.42 bits per heavy atom. The molecule has 6 heteroatoms. The Morgan fingerprint density at radius 3 is 2.79 bits per heavy atom. The number of nitrogens with zero attached hydrogens (tertiary/aromatic N) is 2. The molecule has 2 aromatic heterocycles. The van der Waals surface area contributed by atoms with Crippen molar-refractivity contribution < 1.29 is 18.7 Å². The van der Waals surface area contributed by atoms with Crippen LogP contribution in [0.25, 0.3) is 11.0 Å². The largest absolute Gasteiger partial charge is 0.462 e. The quantitative estimate of drug-likeness (QED) is 0.805. The van der Waals surface area contributed by atoms with Crippen molar-refractivity contribution in [3.8, 4) is 0 Å². The zero-order chi connectivity index (χ0) is 17.3. The molecule has 1 saturated carbocycles. The minimum atomic E-state index is -0.478. The SMILES string of the molecule is CCOC(=O)c1c(C)n(CC2CCC(=O)CC2)c2ncc(F)cc12. The van der Waals surface area contributed by atoms with Crippen molar-refractivity contribution in [3.05, 3.63) is 29.3 Å². The number of hydrogen-bond acceptors (Lipinski definition) is 4. The molecule has 3 rings (SSSR count). The molecule has 5 nitrogen and oxygen atoms in total. The first-order valence-electron chi connectivity index (χ1n) is 8.34. The number of ether oxygens (including phenoxy) is 1. The number of aromatic nitrogens is 2. The zero-order valence-corrected chi connectivity index (χ0v) is 14.0. The van der Waals surface area contributed by atoms with Crippen molar-refractivity contribution >= 4 is 22.8 Å². The maximum Gasteiger partial charge on any atom is 0.340 e. The number of carbonyl (C=O) groups excluding carboxylic acids is 2. The molecule has 0 aromatic carbocycles. The molecule has 0 aliphatic heterocycles. The lowest BCUT2D eigenvalue weighted by Gasteiger charge is -2.22. The van der Waals surface area contributed by atoms with Crippen LogP contribution in [0.5, 0.6) is 0 Å². The number of fused-ring (bicyclic) bond motifs is 1. The predicted octanol–water partition coefficient (Wildman–Crippen LogP) is 3.42. The van der Waals surface area contributed by atoms with Crippen molar-refractivity contribution in [2.24, 2.45) is 5.92 Å². The van der Waals surface area contributed by atoms with Crippen LogP contribution in [0.2, 0.25) is 0 Å². The second-order valence-corrected chi connectivity index (χ2v) is 6.30. The maximum absolute atomic E-state index is 13.6. The van der Waals surface area contributed by atoms with Crippen LogP contribution in [-0.4, -0.2) is 27.9 Å². The average Bonchev–Trinajstić information content (AvgIpc) is 2.81. The molecule has 128 valence electrons. The molecule has 24 heavy (non-hydrogen) atoms. The summed E-state index contributed by atoms with van der Waals surface area (Å²) in [5.41, 5.74) is 1.71. The van der Waals surface area contributed by atoms with Gasteiger partial charge in [-0.15, -0.1) is 0 Å². The average molecular weight is 332 g/mol. The summed E-state index contributed by atoms with van der Waals surface area (Å²) >= 11 is 0. The van der Waals surface area contributed by atoms with Gasteiger partial charge in [0.15, 0.2) is 0 Å². The van der Waals surface area contributed by atoms with E-state index in [-0.39, 0.29) is 6.61 Å². The van der Waals surface area contributed by atoms with Gasteiger partial charge in [0.1, 0.15) is 17.2 Å². The van der Waals surface area contributed by atoms with Crippen molar-refractivity contribution in [1.82, 2.24) is 9.55 Å². The van der Waals surface area contributed by atoms with Gasteiger partial charge in [0.25, 0.3) is 0 Å². The van der Waals surface area contributed by atoms with Gasteiger partial charge in [-0.2, -0.15) is 0 Å². The minimum Gasteiger partial charge on any atom is -0.462 e. The zero-order valence-electron chi connectivity index (χ0n) is 14.0. The topological polar surface area (TPSA) is 61.2 Å². The Balaban J connectivity index is 2.02. The third-order valence-corrected chi connectivity index (χ3v) is 4.71. The number of hydrogen-bond donors (Lipinski definition) is 0. The molecular weight excluding hydrogens is 311 g/mol. The van der Waals surface area contributed by atoms with Crippen LogP contribution in [0.4, 0.5) is 4.39 Å². The summed E-state index contributed by atoms with van der Waals surface area (Å²) in [6.07, 6.45) is 4.06. The first-order chi connectivity index (χ1) is 11.5. The molecule has 0 atom stereocenters. The van der Waals surface area contributed by atoms with Crippen molar-refractivity contribution in [2.75, 3.05) is 6.61 Å². The van der Waals surface area contributed by atoms with Crippen molar-refractivity contribution in [2.45, 2.75) is 46.1 Å². The summed E-state index contributed by atoms with van der Waals surface area (Å²) in [7, 11) is 0. The summed E-state index contributed by atoms with van der Waals surface area (Å²) in [5, 5.41) is 0.484. The van der Waals surface area contributed by atoms with E-state index in [1.807, 2.05) is 11.5 Å². The van der Waals surface area contributed by atoms with Gasteiger partial charge in [-0.1, -0.05) is 0 Å². The molecular formula is C18H21FN2O3. The van der Waals surface area contributed by atoms with Gasteiger partial charge in [-0.05, 0) is 38.7 Å². The van der Waals surface area contributed by atoms with Crippen LogP contribution in [0, 0.1) is 18.7 Å². The molecule has 2 aromatic rings. The first-order valence-corrected chi connectivity index (χ1v) is 8.34. The molecule has 1 aliphatic rings. The summed E-state index contributed by atoms with van der Waals surface area (Å²) in [6.45, 7) is 4.51. The van der Waals surface area contributed by atoms with Crippen LogP contribution in [0.3, 0.4) is 0 Å². The second-order valence-electron chi connectivity index (χ2n) is 6.30. The lowest BCUT2D eigenvalue weighted by molar-refractivity contribution is -0.121. The van der Waals surface area contributed by atoms with Crippen LogP contribution >= 0.6 is 0 Å². The smallest absolute Gasteiger partial charge is 0.340 e. The number of rotatable bonds is 4. The van der Waals surface area contributed by atoms with Crippen LogP contribution in [0.15, 0.2) is 12.3 Å². The molecule has 0 spiro atoms. The van der Waals surface area contributed by atoms with E-state index >= 15 is 0 Å². The molecule has 1 fully saturated rings. The van der Waals surface area contributed by atoms with Gasteiger partial charge in [0, 0.05) is 30.5 Å². The fourth-order valence-electron chi connectivity index (χ4n) is 3.44. The number of pyridine rings is 1. The van der Waals surface area contributed by atoms with E-state index in [0.29, 0.717) is 47.7 Å². The van der Waals surface area contributed by atoms with E-state index in [1.165, 1.54) is 6.07 Å². The first kappa shape index (κ1) is 16.6. The van der Waals surface area contributed by atoms with Crippen LogP contribution in [0.1, 0.15) is 48.7 Å². The normalized spacial score (nSPS) is 15.9. The molecule has 0 saturated heterocycles. The number of esters is 1. The molecule has 0 N–H and O–H groups in total. The highest BCUT2D eigenvalue weighted by molar-refractivity contribution is 6.05. The fraction of sp³-hybridized carbons (Fsp3) is 0.500. The molecule has 0 bridgehead atoms. The molecule has 0 radical (unpaired) electrons. The Kier molecular flexibility index (Phi) is 4.64. The van der Waals surface area contributed by atoms with Crippen molar-refractivity contribution in [1.29, 1.82) is 0 Å². The van der Waals surface area contributed by atoms with E-state index in [9.17, 15) is 14.0 Å². The molecule has 0 unspecified atom stereocenters. The maximum atomic E-state index is 13.6. The van der Waals surface area contributed by atoms with Crippen molar-refractivity contribution in [3.63, 3.8) is 0 Å². The van der Waals surface area contributed by atoms with E-state index in [1.54, 1.807) is 6.92 Å². The fourth-order valence-corrected chi connectivity index (χ4v) is 3.44. The predicted molar refractivity (Wildman–Crippen MR) is 87.3 cm³/mol. The molecule has 1 aliphatic carbocycles. The number of ketones is 1. The third kappa shape index (κ3) is 3.05. The van der Waals surface area contributed by atoms with Gasteiger partial charge in [-0.25, -0.2) is 14.2 Å². The highest BCUT2D eigenvalue weighted by Crippen LogP contribution is 2.30. The number of halogens is 1. The summed E-state index contributed by atoms with van der Waals surface area (Å²) in [6, 6.07) is 1.34. The van der Waals surface area contributed by atoms with E-state index in [2.05, 4.69) is 4.98 Å². The summed E-state index contributed by atoms with van der Waals surface area (Å²) in [5.74, 6) is -0.259. The standard InChI is InChI=1S/C18H21FN2O3/c1-3-24-18(23)16-11(2)21(10-12-4-6-14(22)7-5-12)17-15(16)8-13(19)9-20-17/h8-9,12H,3-7,10H2,1-2H3. The minimum absolute atomic E-state index is 0.262. The third-order valence-electron chi connectivity index (χ3n) is 4.71. The lowest BCUT2D eigenvalue weighted by Crippen LogP contribution is -2.19. The Hall–Kier alpha value is -2.24. The summed E-state index contributed by atoms with van der Waals surface area (Å²) < 4.78 is 20.7. The lowest BCUT2D eigenvalue weighted by atomic mass is 9.88. The Morgan fingerprint density at radius 2 is 2.12 bits per heavy atom. The van der Waals surface area contributed by atoms with Gasteiger partial charge in [0.2, 0.25) is 0 Å². The second kappa shape index (κ2) is 6.71. The Bertz CT molecular complexity index is 787. The van der Waals surface area contributed by atoms with Gasteiger partial charge < -0.3 is 9.30 Å². The highest BCUT2D eigenvalue weighted by Gasteiger charge is 2.25. The van der Waals surface area contributed by atoms with Gasteiger partial charge >= 0.3 is 5.97 Å². The van der Waals surface area contributed by atoms with Crippen LogP contribution in [-0.2, 0) is 16.1 Å². The van der Waals surface area contributed by atoms with Gasteiger partial charge in [0.05, 0.1) is 18.4 Å². The molecule has 0 amide bonds. The van der Waals surface area contributed by atoms with Gasteiger partial charge in [-0.3, -0.25) is 4.79 Å². The van der Waals surface area contributed by atoms with E-state index in [4.69, 9.17) is 4.74 Å². The number of carbonyl (C=O) groups is 2. The Labute approximate surface area is 139 Å². The number of Topliss-reactive ketones (excluding diaryl/α,β-unsaturated/α-hetero) is 1.